The number of rotatable bonds is 9. The number of aromatic hydroxyl groups is 1. The summed E-state index contributed by atoms with van der Waals surface area (Å²) in [5, 5.41) is 10.5. The van der Waals surface area contributed by atoms with Crippen molar-refractivity contribution >= 4 is 23.8 Å². The highest BCUT2D eigenvalue weighted by atomic mass is 32.2. The Balaban J connectivity index is 1.74. The van der Waals surface area contributed by atoms with Crippen LogP contribution in [0.2, 0.25) is 0 Å². The molecular formula is C24H23NO4S. The number of carbonyl (C=O) groups is 2. The number of phenolic OH excluding ortho intramolecular Hbond substituents is 1. The molecule has 0 unspecified atom stereocenters. The summed E-state index contributed by atoms with van der Waals surface area (Å²) < 4.78 is 6.00. The van der Waals surface area contributed by atoms with Crippen molar-refractivity contribution in [2.75, 3.05) is 0 Å². The molecule has 6 heteroatoms. The van der Waals surface area contributed by atoms with Gasteiger partial charge in [0, 0.05) is 21.6 Å². The zero-order chi connectivity index (χ0) is 21.5. The van der Waals surface area contributed by atoms with Gasteiger partial charge in [0.1, 0.15) is 23.8 Å². The van der Waals surface area contributed by atoms with Crippen LogP contribution in [0.5, 0.6) is 11.5 Å². The molecule has 2 aromatic carbocycles. The molecule has 1 N–H and O–H groups in total. The number of benzene rings is 2. The number of aldehydes is 1. The lowest BCUT2D eigenvalue weighted by molar-refractivity contribution is 0.101. The highest BCUT2D eigenvalue weighted by Crippen LogP contribution is 2.34. The zero-order valence-electron chi connectivity index (χ0n) is 16.9. The first-order valence-corrected chi connectivity index (χ1v) is 10.5. The van der Waals surface area contributed by atoms with Crippen LogP contribution >= 0.6 is 11.8 Å². The average Bonchev–Trinajstić information content (AvgIpc) is 2.75. The molecule has 0 saturated heterocycles. The normalized spacial score (nSPS) is 10.6. The van der Waals surface area contributed by atoms with Crippen molar-refractivity contribution in [2.24, 2.45) is 0 Å². The van der Waals surface area contributed by atoms with E-state index in [4.69, 9.17) is 4.74 Å². The van der Waals surface area contributed by atoms with Gasteiger partial charge in [-0.1, -0.05) is 37.2 Å². The summed E-state index contributed by atoms with van der Waals surface area (Å²) in [6.07, 6.45) is 3.85. The average molecular weight is 422 g/mol. The van der Waals surface area contributed by atoms with Gasteiger partial charge in [-0.15, -0.1) is 0 Å². The maximum atomic E-state index is 11.7. The van der Waals surface area contributed by atoms with Crippen LogP contribution in [0.1, 0.15) is 52.2 Å². The number of carbonyl (C=O) groups excluding carboxylic acids is 2. The van der Waals surface area contributed by atoms with Gasteiger partial charge in [-0.2, -0.15) is 0 Å². The Labute approximate surface area is 180 Å². The molecule has 1 aromatic heterocycles. The second kappa shape index (κ2) is 10.1. The third-order valence-electron chi connectivity index (χ3n) is 4.53. The Bertz CT molecular complexity index is 1050. The topological polar surface area (TPSA) is 76.5 Å². The number of Topliss-reactive ketones (excluding diaryl/α,β-unsaturated/α-hetero) is 1. The van der Waals surface area contributed by atoms with Crippen molar-refractivity contribution < 1.29 is 19.4 Å². The number of aromatic nitrogens is 1. The molecule has 0 saturated carbocycles. The summed E-state index contributed by atoms with van der Waals surface area (Å²) in [7, 11) is 0. The van der Waals surface area contributed by atoms with E-state index in [1.165, 1.54) is 6.92 Å². The molecule has 0 aliphatic rings. The number of pyridine rings is 1. The number of ether oxygens (including phenoxy) is 1. The highest BCUT2D eigenvalue weighted by Gasteiger charge is 2.16. The SMILES string of the molecule is CCCc1c(OCc2cccc(Sc3ccc(C=O)nc3)c2)ccc(C(C)=O)c1O. The zero-order valence-corrected chi connectivity index (χ0v) is 17.7. The Kier molecular flexibility index (Phi) is 7.25. The summed E-state index contributed by atoms with van der Waals surface area (Å²) in [6.45, 7) is 3.80. The third kappa shape index (κ3) is 5.27. The Morgan fingerprint density at radius 2 is 2.00 bits per heavy atom. The fraction of sp³-hybridized carbons (Fsp3) is 0.208. The van der Waals surface area contributed by atoms with Crippen LogP contribution in [-0.4, -0.2) is 22.2 Å². The quantitative estimate of drug-likeness (QED) is 0.364. The summed E-state index contributed by atoms with van der Waals surface area (Å²) in [5.41, 5.74) is 2.37. The van der Waals surface area contributed by atoms with E-state index in [0.717, 1.165) is 28.1 Å². The first-order valence-electron chi connectivity index (χ1n) is 9.68. The van der Waals surface area contributed by atoms with Gasteiger partial charge in [-0.25, -0.2) is 0 Å². The fourth-order valence-electron chi connectivity index (χ4n) is 3.05. The summed E-state index contributed by atoms with van der Waals surface area (Å²) in [4.78, 5) is 28.5. The van der Waals surface area contributed by atoms with Crippen LogP contribution in [0.4, 0.5) is 0 Å². The number of nitrogens with zero attached hydrogens (tertiary/aromatic N) is 1. The summed E-state index contributed by atoms with van der Waals surface area (Å²) in [5.74, 6) is 0.431. The molecule has 154 valence electrons. The highest BCUT2D eigenvalue weighted by molar-refractivity contribution is 7.99. The van der Waals surface area contributed by atoms with Gasteiger partial charge in [0.15, 0.2) is 12.1 Å². The van der Waals surface area contributed by atoms with E-state index in [1.807, 2.05) is 37.3 Å². The lowest BCUT2D eigenvalue weighted by Gasteiger charge is -2.15. The monoisotopic (exact) mass is 421 g/mol. The van der Waals surface area contributed by atoms with Gasteiger partial charge >= 0.3 is 0 Å². The second-order valence-corrected chi connectivity index (χ2v) is 7.97. The predicted molar refractivity (Wildman–Crippen MR) is 117 cm³/mol. The van der Waals surface area contributed by atoms with Crippen molar-refractivity contribution in [2.45, 2.75) is 43.1 Å². The lowest BCUT2D eigenvalue weighted by Crippen LogP contribution is -2.02. The Morgan fingerprint density at radius 3 is 2.67 bits per heavy atom. The van der Waals surface area contributed by atoms with Crippen molar-refractivity contribution in [3.63, 3.8) is 0 Å². The lowest BCUT2D eigenvalue weighted by atomic mass is 10.0. The van der Waals surface area contributed by atoms with E-state index >= 15 is 0 Å². The van der Waals surface area contributed by atoms with Gasteiger partial charge in [0.2, 0.25) is 0 Å². The standard InChI is InChI=1S/C24H23NO4S/c1-3-5-22-23(11-10-21(16(2)27)24(22)28)29-15-17-6-4-7-19(12-17)30-20-9-8-18(14-26)25-13-20/h4,6-14,28H,3,5,15H2,1-2H3. The molecule has 3 rings (SSSR count). The van der Waals surface area contributed by atoms with E-state index in [0.29, 0.717) is 35.6 Å². The Hall–Kier alpha value is -3.12. The van der Waals surface area contributed by atoms with Crippen molar-refractivity contribution in [1.82, 2.24) is 4.98 Å². The first-order chi connectivity index (χ1) is 14.5. The molecule has 30 heavy (non-hydrogen) atoms. The van der Waals surface area contributed by atoms with Gasteiger partial charge in [0.05, 0.1) is 5.56 Å². The molecule has 0 aliphatic carbocycles. The minimum atomic E-state index is -0.170. The summed E-state index contributed by atoms with van der Waals surface area (Å²) in [6, 6.07) is 14.9. The number of hydrogen-bond donors (Lipinski definition) is 1. The minimum Gasteiger partial charge on any atom is -0.507 e. The van der Waals surface area contributed by atoms with Crippen LogP contribution in [0, 0.1) is 0 Å². The van der Waals surface area contributed by atoms with Crippen LogP contribution in [0.3, 0.4) is 0 Å². The molecule has 0 aliphatic heterocycles. The second-order valence-electron chi connectivity index (χ2n) is 6.82. The van der Waals surface area contributed by atoms with E-state index in [1.54, 1.807) is 36.2 Å². The molecule has 0 fully saturated rings. The van der Waals surface area contributed by atoms with Gasteiger partial charge in [-0.05, 0) is 55.3 Å². The molecule has 0 bridgehead atoms. The van der Waals surface area contributed by atoms with Gasteiger partial charge in [-0.3, -0.25) is 14.6 Å². The smallest absolute Gasteiger partial charge is 0.168 e. The molecule has 1 heterocycles. The Morgan fingerprint density at radius 1 is 1.17 bits per heavy atom. The molecule has 3 aromatic rings. The molecule has 0 spiro atoms. The maximum absolute atomic E-state index is 11.7. The van der Waals surface area contributed by atoms with Crippen molar-refractivity contribution in [1.29, 1.82) is 0 Å². The van der Waals surface area contributed by atoms with Gasteiger partial charge in [0.25, 0.3) is 0 Å². The first kappa shape index (κ1) is 21.6. The molecule has 0 radical (unpaired) electrons. The van der Waals surface area contributed by atoms with Crippen LogP contribution in [0.25, 0.3) is 0 Å². The number of hydrogen-bond acceptors (Lipinski definition) is 6. The van der Waals surface area contributed by atoms with Crippen molar-refractivity contribution in [3.05, 3.63) is 77.1 Å². The van der Waals surface area contributed by atoms with Crippen LogP contribution in [0.15, 0.2) is 64.5 Å². The van der Waals surface area contributed by atoms with E-state index < -0.39 is 0 Å². The molecule has 0 atom stereocenters. The summed E-state index contributed by atoms with van der Waals surface area (Å²) >= 11 is 1.55. The van der Waals surface area contributed by atoms with Crippen LogP contribution < -0.4 is 4.74 Å². The predicted octanol–water partition coefficient (Wildman–Crippen LogP) is 5.49. The van der Waals surface area contributed by atoms with Crippen molar-refractivity contribution in [3.8, 4) is 11.5 Å². The molecule has 5 nitrogen and oxygen atoms in total. The molecular weight excluding hydrogens is 398 g/mol. The number of ketones is 1. The largest absolute Gasteiger partial charge is 0.507 e. The number of phenols is 1. The minimum absolute atomic E-state index is 0.0115. The van der Waals surface area contributed by atoms with E-state index in [9.17, 15) is 14.7 Å². The van der Waals surface area contributed by atoms with Crippen LogP contribution in [-0.2, 0) is 13.0 Å². The molecule has 0 amide bonds. The van der Waals surface area contributed by atoms with Gasteiger partial charge < -0.3 is 9.84 Å². The maximum Gasteiger partial charge on any atom is 0.168 e. The van der Waals surface area contributed by atoms with E-state index in [2.05, 4.69) is 4.98 Å². The fourth-order valence-corrected chi connectivity index (χ4v) is 3.92. The van der Waals surface area contributed by atoms with E-state index in [-0.39, 0.29) is 11.5 Å². The third-order valence-corrected chi connectivity index (χ3v) is 5.49.